The standard InChI is InChI=1S/C14H11F3O/c1-14(18,9-3-2-4-10(15)7-9)12-8-11(16)5-6-13(12)17/h2-8,18H,1H3. The van der Waals surface area contributed by atoms with Gasteiger partial charge in [-0.05, 0) is 42.8 Å². The summed E-state index contributed by atoms with van der Waals surface area (Å²) in [4.78, 5) is 0. The predicted molar refractivity (Wildman–Crippen MR) is 61.4 cm³/mol. The molecule has 1 N–H and O–H groups in total. The third-order valence-electron chi connectivity index (χ3n) is 2.84. The maximum Gasteiger partial charge on any atom is 0.129 e. The van der Waals surface area contributed by atoms with E-state index in [-0.39, 0.29) is 11.1 Å². The average molecular weight is 252 g/mol. The van der Waals surface area contributed by atoms with Gasteiger partial charge in [0, 0.05) is 5.56 Å². The lowest BCUT2D eigenvalue weighted by Crippen LogP contribution is -2.24. The maximum atomic E-state index is 13.6. The van der Waals surface area contributed by atoms with Gasteiger partial charge in [0.2, 0.25) is 0 Å². The van der Waals surface area contributed by atoms with Gasteiger partial charge in [-0.2, -0.15) is 0 Å². The third-order valence-corrected chi connectivity index (χ3v) is 2.84. The molecule has 18 heavy (non-hydrogen) atoms. The maximum absolute atomic E-state index is 13.6. The van der Waals surface area contributed by atoms with Crippen molar-refractivity contribution in [3.05, 3.63) is 71.0 Å². The molecule has 0 aliphatic carbocycles. The van der Waals surface area contributed by atoms with Gasteiger partial charge in [-0.3, -0.25) is 0 Å². The lowest BCUT2D eigenvalue weighted by molar-refractivity contribution is 0.0971. The number of halogens is 3. The molecule has 0 fully saturated rings. The van der Waals surface area contributed by atoms with E-state index in [9.17, 15) is 18.3 Å². The van der Waals surface area contributed by atoms with E-state index in [1.54, 1.807) is 0 Å². The highest BCUT2D eigenvalue weighted by Gasteiger charge is 2.29. The Morgan fingerprint density at radius 3 is 2.28 bits per heavy atom. The van der Waals surface area contributed by atoms with E-state index < -0.39 is 23.1 Å². The van der Waals surface area contributed by atoms with E-state index in [4.69, 9.17) is 0 Å². The number of benzene rings is 2. The first-order chi connectivity index (χ1) is 8.41. The summed E-state index contributed by atoms with van der Waals surface area (Å²) < 4.78 is 39.9. The van der Waals surface area contributed by atoms with E-state index in [1.165, 1.54) is 25.1 Å². The van der Waals surface area contributed by atoms with Gasteiger partial charge >= 0.3 is 0 Å². The van der Waals surface area contributed by atoms with Crippen molar-refractivity contribution in [2.24, 2.45) is 0 Å². The molecule has 2 rings (SSSR count). The second-order valence-electron chi connectivity index (χ2n) is 4.21. The quantitative estimate of drug-likeness (QED) is 0.868. The van der Waals surface area contributed by atoms with Crippen LogP contribution >= 0.6 is 0 Å². The highest BCUT2D eigenvalue weighted by atomic mass is 19.1. The molecule has 0 heterocycles. The van der Waals surface area contributed by atoms with Crippen molar-refractivity contribution in [1.82, 2.24) is 0 Å². The Balaban J connectivity index is 2.57. The summed E-state index contributed by atoms with van der Waals surface area (Å²) in [5.74, 6) is -1.96. The van der Waals surface area contributed by atoms with Crippen molar-refractivity contribution in [2.45, 2.75) is 12.5 Å². The highest BCUT2D eigenvalue weighted by Crippen LogP contribution is 2.31. The van der Waals surface area contributed by atoms with Crippen LogP contribution in [0.4, 0.5) is 13.2 Å². The fourth-order valence-electron chi connectivity index (χ4n) is 1.82. The van der Waals surface area contributed by atoms with E-state index in [0.717, 1.165) is 24.3 Å². The van der Waals surface area contributed by atoms with Crippen molar-refractivity contribution in [3.8, 4) is 0 Å². The van der Waals surface area contributed by atoms with Crippen molar-refractivity contribution >= 4 is 0 Å². The summed E-state index contributed by atoms with van der Waals surface area (Å²) in [6, 6.07) is 7.94. The largest absolute Gasteiger partial charge is 0.381 e. The van der Waals surface area contributed by atoms with Crippen LogP contribution in [0.1, 0.15) is 18.1 Å². The van der Waals surface area contributed by atoms with E-state index in [2.05, 4.69) is 0 Å². The SMILES string of the molecule is CC(O)(c1cccc(F)c1)c1cc(F)ccc1F. The van der Waals surface area contributed by atoms with E-state index in [1.807, 2.05) is 0 Å². The lowest BCUT2D eigenvalue weighted by Gasteiger charge is -2.25. The van der Waals surface area contributed by atoms with Gasteiger partial charge in [0.15, 0.2) is 0 Å². The Morgan fingerprint density at radius 1 is 0.944 bits per heavy atom. The van der Waals surface area contributed by atoms with Crippen LogP contribution in [0.5, 0.6) is 0 Å². The molecule has 2 aromatic carbocycles. The third kappa shape index (κ3) is 2.24. The molecule has 1 unspecified atom stereocenters. The van der Waals surface area contributed by atoms with E-state index >= 15 is 0 Å². The van der Waals surface area contributed by atoms with Gasteiger partial charge in [-0.15, -0.1) is 0 Å². The molecule has 0 bridgehead atoms. The lowest BCUT2D eigenvalue weighted by atomic mass is 9.88. The van der Waals surface area contributed by atoms with Gasteiger partial charge in [0.05, 0.1) is 0 Å². The van der Waals surface area contributed by atoms with Gasteiger partial charge in [-0.25, -0.2) is 13.2 Å². The average Bonchev–Trinajstić information content (AvgIpc) is 2.32. The van der Waals surface area contributed by atoms with Crippen LogP contribution in [0.2, 0.25) is 0 Å². The van der Waals surface area contributed by atoms with Crippen molar-refractivity contribution < 1.29 is 18.3 Å². The smallest absolute Gasteiger partial charge is 0.129 e. The molecule has 0 radical (unpaired) electrons. The molecule has 1 atom stereocenters. The van der Waals surface area contributed by atoms with Gasteiger partial charge in [0.25, 0.3) is 0 Å². The molecule has 0 aromatic heterocycles. The number of rotatable bonds is 2. The first-order valence-corrected chi connectivity index (χ1v) is 5.35. The molecule has 94 valence electrons. The summed E-state index contributed by atoms with van der Waals surface area (Å²) in [5.41, 5.74) is -1.87. The van der Waals surface area contributed by atoms with Crippen LogP contribution in [0.15, 0.2) is 42.5 Å². The number of aliphatic hydroxyl groups is 1. The Morgan fingerprint density at radius 2 is 1.61 bits per heavy atom. The van der Waals surface area contributed by atoms with Crippen LogP contribution in [0.3, 0.4) is 0 Å². The molecule has 0 spiro atoms. The second-order valence-corrected chi connectivity index (χ2v) is 4.21. The first kappa shape index (κ1) is 12.6. The van der Waals surface area contributed by atoms with Crippen LogP contribution < -0.4 is 0 Å². The molecule has 0 saturated carbocycles. The summed E-state index contributed by atoms with van der Waals surface area (Å²) in [6.45, 7) is 1.29. The van der Waals surface area contributed by atoms with Gasteiger partial charge < -0.3 is 5.11 Å². The fraction of sp³-hybridized carbons (Fsp3) is 0.143. The summed E-state index contributed by atoms with van der Waals surface area (Å²) in [6.07, 6.45) is 0. The first-order valence-electron chi connectivity index (χ1n) is 5.35. The fourth-order valence-corrected chi connectivity index (χ4v) is 1.82. The molecular formula is C14H11F3O. The topological polar surface area (TPSA) is 20.2 Å². The normalized spacial score (nSPS) is 14.3. The molecular weight excluding hydrogens is 241 g/mol. The summed E-state index contributed by atoms with van der Waals surface area (Å²) in [5, 5.41) is 10.3. The summed E-state index contributed by atoms with van der Waals surface area (Å²) >= 11 is 0. The van der Waals surface area contributed by atoms with Crippen LogP contribution in [0.25, 0.3) is 0 Å². The van der Waals surface area contributed by atoms with E-state index in [0.29, 0.717) is 0 Å². The molecule has 2 aromatic rings. The van der Waals surface area contributed by atoms with Crippen LogP contribution in [-0.2, 0) is 5.60 Å². The Hall–Kier alpha value is -1.81. The second kappa shape index (κ2) is 4.46. The van der Waals surface area contributed by atoms with Crippen molar-refractivity contribution in [1.29, 1.82) is 0 Å². The molecule has 4 heteroatoms. The van der Waals surface area contributed by atoms with Gasteiger partial charge in [-0.1, -0.05) is 12.1 Å². The predicted octanol–water partition coefficient (Wildman–Crippen LogP) is 3.36. The minimum Gasteiger partial charge on any atom is -0.381 e. The van der Waals surface area contributed by atoms with Crippen LogP contribution in [-0.4, -0.2) is 5.11 Å². The van der Waals surface area contributed by atoms with Crippen molar-refractivity contribution in [3.63, 3.8) is 0 Å². The zero-order chi connectivity index (χ0) is 13.3. The molecule has 0 aliphatic rings. The van der Waals surface area contributed by atoms with Gasteiger partial charge in [0.1, 0.15) is 23.1 Å². The highest BCUT2D eigenvalue weighted by molar-refractivity contribution is 5.36. The minimum atomic E-state index is -1.80. The molecule has 0 aliphatic heterocycles. The number of hydrogen-bond acceptors (Lipinski definition) is 1. The molecule has 1 nitrogen and oxygen atoms in total. The summed E-state index contributed by atoms with van der Waals surface area (Å²) in [7, 11) is 0. The number of hydrogen-bond donors (Lipinski definition) is 1. The Bertz CT molecular complexity index is 579. The zero-order valence-corrected chi connectivity index (χ0v) is 9.62. The molecule has 0 amide bonds. The monoisotopic (exact) mass is 252 g/mol. The van der Waals surface area contributed by atoms with Crippen molar-refractivity contribution in [2.75, 3.05) is 0 Å². The zero-order valence-electron chi connectivity index (χ0n) is 9.62. The Labute approximate surface area is 103 Å². The Kier molecular flexibility index (Phi) is 3.13. The van der Waals surface area contributed by atoms with Crippen LogP contribution in [0, 0.1) is 17.5 Å². The molecule has 0 saturated heterocycles. The minimum absolute atomic E-state index is 0.159.